The summed E-state index contributed by atoms with van der Waals surface area (Å²) in [6.07, 6.45) is 9.63. The van der Waals surface area contributed by atoms with Gasteiger partial charge in [0.15, 0.2) is 0 Å². The summed E-state index contributed by atoms with van der Waals surface area (Å²) in [5.41, 5.74) is 6.83. The molecule has 1 unspecified atom stereocenters. The first-order chi connectivity index (χ1) is 9.66. The summed E-state index contributed by atoms with van der Waals surface area (Å²) in [6, 6.07) is 9.11. The minimum absolute atomic E-state index is 0.403. The standard InChI is InChI=1S/C20H28/c1-4-18-15(2)20(3,17-11-6-5-7-12-17)14-16-10-8-9-13-19(16)18/h8-10,13,17H,4-7,11-12,14H2,1-3H3. The van der Waals surface area contributed by atoms with Gasteiger partial charge >= 0.3 is 0 Å². The van der Waals surface area contributed by atoms with Crippen LogP contribution in [-0.4, -0.2) is 0 Å². The quantitative estimate of drug-likeness (QED) is 0.616. The lowest BCUT2D eigenvalue weighted by molar-refractivity contribution is 0.174. The third-order valence-corrected chi connectivity index (χ3v) is 6.07. The molecule has 1 saturated carbocycles. The van der Waals surface area contributed by atoms with Crippen molar-refractivity contribution < 1.29 is 0 Å². The fraction of sp³-hybridized carbons (Fsp3) is 0.600. The van der Waals surface area contributed by atoms with E-state index in [1.54, 1.807) is 16.7 Å². The smallest absolute Gasteiger partial charge is 0.00443 e. The zero-order chi connectivity index (χ0) is 14.2. The second-order valence-electron chi connectivity index (χ2n) is 7.04. The Morgan fingerprint density at radius 1 is 1.10 bits per heavy atom. The normalized spacial score (nSPS) is 27.6. The lowest BCUT2D eigenvalue weighted by Crippen LogP contribution is -2.35. The second-order valence-corrected chi connectivity index (χ2v) is 7.04. The maximum absolute atomic E-state index is 2.55. The fourth-order valence-electron chi connectivity index (χ4n) is 4.69. The number of fused-ring (bicyclic) bond motifs is 1. The molecule has 20 heavy (non-hydrogen) atoms. The molecule has 2 aliphatic rings. The van der Waals surface area contributed by atoms with Crippen LogP contribution in [0, 0.1) is 11.3 Å². The number of allylic oxidation sites excluding steroid dienone is 2. The van der Waals surface area contributed by atoms with E-state index >= 15 is 0 Å². The van der Waals surface area contributed by atoms with E-state index in [0.717, 1.165) is 5.92 Å². The van der Waals surface area contributed by atoms with Gasteiger partial charge in [-0.3, -0.25) is 0 Å². The van der Waals surface area contributed by atoms with E-state index in [1.165, 1.54) is 50.5 Å². The van der Waals surface area contributed by atoms with E-state index in [0.29, 0.717) is 5.41 Å². The van der Waals surface area contributed by atoms with Crippen molar-refractivity contribution in [3.63, 3.8) is 0 Å². The number of hydrogen-bond donors (Lipinski definition) is 0. The first-order valence-electron chi connectivity index (χ1n) is 8.45. The molecular weight excluding hydrogens is 240 g/mol. The van der Waals surface area contributed by atoms with Crippen molar-refractivity contribution >= 4 is 5.57 Å². The highest BCUT2D eigenvalue weighted by atomic mass is 14.4. The highest BCUT2D eigenvalue weighted by Gasteiger charge is 2.40. The molecule has 0 heterocycles. The van der Waals surface area contributed by atoms with Gasteiger partial charge < -0.3 is 0 Å². The third kappa shape index (κ3) is 2.14. The molecule has 1 aromatic carbocycles. The number of hydrogen-bond acceptors (Lipinski definition) is 0. The molecule has 0 saturated heterocycles. The lowest BCUT2D eigenvalue weighted by Gasteiger charge is -2.45. The molecule has 2 aliphatic carbocycles. The maximum Gasteiger partial charge on any atom is -0.00443 e. The first-order valence-corrected chi connectivity index (χ1v) is 8.45. The summed E-state index contributed by atoms with van der Waals surface area (Å²) in [5.74, 6) is 0.895. The van der Waals surface area contributed by atoms with Crippen LogP contribution in [0.2, 0.25) is 0 Å². The van der Waals surface area contributed by atoms with Gasteiger partial charge in [-0.1, -0.05) is 62.9 Å². The molecule has 0 heteroatoms. The van der Waals surface area contributed by atoms with Crippen LogP contribution in [0.25, 0.3) is 5.57 Å². The van der Waals surface area contributed by atoms with Gasteiger partial charge in [0, 0.05) is 0 Å². The molecule has 0 nitrogen and oxygen atoms in total. The van der Waals surface area contributed by atoms with Gasteiger partial charge in [0.05, 0.1) is 0 Å². The topological polar surface area (TPSA) is 0 Å². The Morgan fingerprint density at radius 3 is 2.50 bits per heavy atom. The van der Waals surface area contributed by atoms with Crippen LogP contribution >= 0.6 is 0 Å². The molecular formula is C20H28. The van der Waals surface area contributed by atoms with Gasteiger partial charge in [0.25, 0.3) is 0 Å². The van der Waals surface area contributed by atoms with Gasteiger partial charge in [-0.2, -0.15) is 0 Å². The molecule has 3 rings (SSSR count). The van der Waals surface area contributed by atoms with Crippen molar-refractivity contribution in [3.8, 4) is 0 Å². The molecule has 0 spiro atoms. The Morgan fingerprint density at radius 2 is 1.80 bits per heavy atom. The van der Waals surface area contributed by atoms with Crippen LogP contribution in [0.4, 0.5) is 0 Å². The predicted molar refractivity (Wildman–Crippen MR) is 87.7 cm³/mol. The van der Waals surface area contributed by atoms with Crippen LogP contribution in [0.15, 0.2) is 29.8 Å². The average molecular weight is 268 g/mol. The van der Waals surface area contributed by atoms with Crippen LogP contribution in [0.1, 0.15) is 70.4 Å². The van der Waals surface area contributed by atoms with Gasteiger partial charge in [0.2, 0.25) is 0 Å². The average Bonchev–Trinajstić information content (AvgIpc) is 2.49. The maximum atomic E-state index is 2.55. The molecule has 0 N–H and O–H groups in total. The van der Waals surface area contributed by atoms with Gasteiger partial charge in [-0.15, -0.1) is 0 Å². The van der Waals surface area contributed by atoms with Gasteiger partial charge in [0.1, 0.15) is 0 Å². The van der Waals surface area contributed by atoms with Crippen molar-refractivity contribution in [2.75, 3.05) is 0 Å². The predicted octanol–water partition coefficient (Wildman–Crippen LogP) is 6.01. The van der Waals surface area contributed by atoms with E-state index in [4.69, 9.17) is 0 Å². The molecule has 0 aromatic heterocycles. The van der Waals surface area contributed by atoms with Crippen LogP contribution < -0.4 is 0 Å². The molecule has 108 valence electrons. The van der Waals surface area contributed by atoms with Gasteiger partial charge in [-0.05, 0) is 60.6 Å². The molecule has 0 aliphatic heterocycles. The van der Waals surface area contributed by atoms with E-state index in [9.17, 15) is 0 Å². The van der Waals surface area contributed by atoms with Crippen LogP contribution in [0.3, 0.4) is 0 Å². The Bertz CT molecular complexity index is 517. The largest absolute Gasteiger partial charge is 0.0630 e. The Labute approximate surface area is 124 Å². The zero-order valence-corrected chi connectivity index (χ0v) is 13.3. The van der Waals surface area contributed by atoms with Crippen molar-refractivity contribution in [3.05, 3.63) is 41.0 Å². The van der Waals surface area contributed by atoms with Crippen molar-refractivity contribution in [1.29, 1.82) is 0 Å². The first kappa shape index (κ1) is 13.9. The lowest BCUT2D eigenvalue weighted by atomic mass is 9.59. The Kier molecular flexibility index (Phi) is 3.75. The minimum Gasteiger partial charge on any atom is -0.0630 e. The van der Waals surface area contributed by atoms with Crippen molar-refractivity contribution in [1.82, 2.24) is 0 Å². The van der Waals surface area contributed by atoms with Crippen molar-refractivity contribution in [2.24, 2.45) is 11.3 Å². The molecule has 1 atom stereocenters. The van der Waals surface area contributed by atoms with Crippen LogP contribution in [-0.2, 0) is 6.42 Å². The SMILES string of the molecule is CCC1=C(C)C(C)(C2CCCCC2)Cc2ccccc21. The van der Waals surface area contributed by atoms with Gasteiger partial charge in [-0.25, -0.2) is 0 Å². The van der Waals surface area contributed by atoms with E-state index < -0.39 is 0 Å². The van der Waals surface area contributed by atoms with E-state index in [1.807, 2.05) is 0 Å². The fourth-order valence-corrected chi connectivity index (χ4v) is 4.69. The summed E-state index contributed by atoms with van der Waals surface area (Å²) in [6.45, 7) is 7.29. The Balaban J connectivity index is 2.06. The molecule has 0 amide bonds. The third-order valence-electron chi connectivity index (χ3n) is 6.07. The monoisotopic (exact) mass is 268 g/mol. The summed E-state index contributed by atoms with van der Waals surface area (Å²) in [4.78, 5) is 0. The molecule has 1 fully saturated rings. The molecule has 1 aromatic rings. The number of rotatable bonds is 2. The Hall–Kier alpha value is -1.04. The van der Waals surface area contributed by atoms with E-state index in [2.05, 4.69) is 45.0 Å². The second kappa shape index (κ2) is 5.39. The number of benzene rings is 1. The molecule has 0 radical (unpaired) electrons. The highest BCUT2D eigenvalue weighted by Crippen LogP contribution is 2.51. The van der Waals surface area contributed by atoms with Crippen molar-refractivity contribution in [2.45, 2.75) is 65.7 Å². The summed E-state index contributed by atoms with van der Waals surface area (Å²) in [5, 5.41) is 0. The summed E-state index contributed by atoms with van der Waals surface area (Å²) >= 11 is 0. The highest BCUT2D eigenvalue weighted by molar-refractivity contribution is 5.74. The zero-order valence-electron chi connectivity index (χ0n) is 13.3. The molecule has 0 bridgehead atoms. The minimum atomic E-state index is 0.403. The summed E-state index contributed by atoms with van der Waals surface area (Å²) in [7, 11) is 0. The summed E-state index contributed by atoms with van der Waals surface area (Å²) < 4.78 is 0. The van der Waals surface area contributed by atoms with E-state index in [-0.39, 0.29) is 0 Å². The van der Waals surface area contributed by atoms with Crippen LogP contribution in [0.5, 0.6) is 0 Å².